The Kier molecular flexibility index (Phi) is 5.04. The summed E-state index contributed by atoms with van der Waals surface area (Å²) in [6, 6.07) is 12.9. The van der Waals surface area contributed by atoms with Crippen LogP contribution in [0.1, 0.15) is 5.56 Å². The van der Waals surface area contributed by atoms with Gasteiger partial charge in [-0.2, -0.15) is 14.9 Å². The Morgan fingerprint density at radius 2 is 1.96 bits per heavy atom. The second kappa shape index (κ2) is 7.40. The van der Waals surface area contributed by atoms with Crippen molar-refractivity contribution in [3.63, 3.8) is 0 Å². The largest absolute Gasteiger partial charge is 0.504 e. The first kappa shape index (κ1) is 17.7. The Morgan fingerprint density at radius 1 is 1.23 bits per heavy atom. The van der Waals surface area contributed by atoms with Crippen LogP contribution in [0, 0.1) is 4.77 Å². The smallest absolute Gasteiger partial charge is 0.216 e. The first-order chi connectivity index (χ1) is 12.5. The number of ether oxygens (including phenoxy) is 1. The molecule has 0 fully saturated rings. The van der Waals surface area contributed by atoms with Crippen LogP contribution in [0.3, 0.4) is 0 Å². The molecular formula is C18H19N5O2S. The number of hydrogen-bond acceptors (Lipinski definition) is 6. The van der Waals surface area contributed by atoms with Gasteiger partial charge in [-0.05, 0) is 60.2 Å². The highest BCUT2D eigenvalue weighted by molar-refractivity contribution is 7.71. The Balaban J connectivity index is 1.94. The zero-order chi connectivity index (χ0) is 18.7. The van der Waals surface area contributed by atoms with E-state index in [9.17, 15) is 5.11 Å². The van der Waals surface area contributed by atoms with E-state index in [4.69, 9.17) is 17.0 Å². The normalized spacial score (nSPS) is 11.0. The Morgan fingerprint density at radius 3 is 2.62 bits per heavy atom. The molecule has 0 spiro atoms. The SMILES string of the molecule is COc1cc(/C=N/n2c(-c3ccc(N(C)C)cc3)n[nH]c2=S)ccc1O. The lowest BCUT2D eigenvalue weighted by molar-refractivity contribution is 0.373. The molecule has 8 heteroatoms. The lowest BCUT2D eigenvalue weighted by atomic mass is 10.2. The van der Waals surface area contributed by atoms with Crippen molar-refractivity contribution in [3.8, 4) is 22.9 Å². The maximum Gasteiger partial charge on any atom is 0.216 e. The summed E-state index contributed by atoms with van der Waals surface area (Å²) in [5.74, 6) is 1.07. The summed E-state index contributed by atoms with van der Waals surface area (Å²) in [6.07, 6.45) is 1.63. The third kappa shape index (κ3) is 3.60. The fourth-order valence-electron chi connectivity index (χ4n) is 2.39. The number of H-pyrrole nitrogens is 1. The summed E-state index contributed by atoms with van der Waals surface area (Å²) >= 11 is 5.28. The molecule has 0 aliphatic heterocycles. The van der Waals surface area contributed by atoms with E-state index in [2.05, 4.69) is 15.3 Å². The van der Waals surface area contributed by atoms with Crippen LogP contribution < -0.4 is 9.64 Å². The van der Waals surface area contributed by atoms with Crippen LogP contribution in [0.4, 0.5) is 5.69 Å². The molecule has 0 radical (unpaired) electrons. The number of benzene rings is 2. The number of phenols is 1. The highest BCUT2D eigenvalue weighted by Gasteiger charge is 2.09. The summed E-state index contributed by atoms with van der Waals surface area (Å²) in [5, 5.41) is 21.1. The molecule has 0 saturated carbocycles. The van der Waals surface area contributed by atoms with Crippen LogP contribution >= 0.6 is 12.2 Å². The standard InChI is InChI=1S/C18H19N5O2S/c1-22(2)14-7-5-13(6-8-14)17-20-21-18(26)23(17)19-11-12-4-9-15(24)16(10-12)25-3/h4-11,24H,1-3H3,(H,21,26)/b19-11+. The molecule has 0 unspecified atom stereocenters. The van der Waals surface area contributed by atoms with Gasteiger partial charge in [0.05, 0.1) is 13.3 Å². The fourth-order valence-corrected chi connectivity index (χ4v) is 2.57. The van der Waals surface area contributed by atoms with Crippen LogP contribution in [-0.4, -0.2) is 47.4 Å². The molecule has 0 aliphatic carbocycles. The van der Waals surface area contributed by atoms with Crippen LogP contribution in [0.2, 0.25) is 0 Å². The second-order valence-corrected chi connectivity index (χ2v) is 6.17. The van der Waals surface area contributed by atoms with Gasteiger partial charge in [0.1, 0.15) is 0 Å². The molecule has 2 aromatic carbocycles. The van der Waals surface area contributed by atoms with Gasteiger partial charge in [0, 0.05) is 25.3 Å². The predicted molar refractivity (Wildman–Crippen MR) is 105 cm³/mol. The second-order valence-electron chi connectivity index (χ2n) is 5.78. The predicted octanol–water partition coefficient (Wildman–Crippen LogP) is 3.27. The molecule has 0 aliphatic rings. The molecule has 1 heterocycles. The number of aromatic hydroxyl groups is 1. The third-order valence-electron chi connectivity index (χ3n) is 3.82. The Hall–Kier alpha value is -3.13. The number of methoxy groups -OCH3 is 1. The van der Waals surface area contributed by atoms with Gasteiger partial charge in [-0.15, -0.1) is 0 Å². The number of hydrogen-bond donors (Lipinski definition) is 2. The topological polar surface area (TPSA) is 78.7 Å². The third-order valence-corrected chi connectivity index (χ3v) is 4.08. The van der Waals surface area contributed by atoms with Crippen molar-refractivity contribution < 1.29 is 9.84 Å². The average molecular weight is 369 g/mol. The van der Waals surface area contributed by atoms with E-state index >= 15 is 0 Å². The molecule has 1 aromatic heterocycles. The van der Waals surface area contributed by atoms with Gasteiger partial charge in [-0.3, -0.25) is 0 Å². The number of nitrogens with one attached hydrogen (secondary N) is 1. The molecule has 3 rings (SSSR count). The minimum absolute atomic E-state index is 0.0752. The van der Waals surface area contributed by atoms with Gasteiger partial charge in [-0.25, -0.2) is 5.10 Å². The lowest BCUT2D eigenvalue weighted by Gasteiger charge is -2.12. The summed E-state index contributed by atoms with van der Waals surface area (Å²) < 4.78 is 7.05. The van der Waals surface area contributed by atoms with E-state index in [1.807, 2.05) is 43.3 Å². The summed E-state index contributed by atoms with van der Waals surface area (Å²) in [5.41, 5.74) is 2.74. The maximum atomic E-state index is 9.68. The van der Waals surface area contributed by atoms with Gasteiger partial charge in [0.25, 0.3) is 0 Å². The van der Waals surface area contributed by atoms with Crippen LogP contribution in [0.5, 0.6) is 11.5 Å². The van der Waals surface area contributed by atoms with Gasteiger partial charge >= 0.3 is 0 Å². The summed E-state index contributed by atoms with van der Waals surface area (Å²) in [4.78, 5) is 2.03. The number of nitrogens with zero attached hydrogens (tertiary/aromatic N) is 4. The monoisotopic (exact) mass is 369 g/mol. The first-order valence-electron chi connectivity index (χ1n) is 7.86. The van der Waals surface area contributed by atoms with Crippen LogP contribution in [0.15, 0.2) is 47.6 Å². The zero-order valence-electron chi connectivity index (χ0n) is 14.7. The quantitative estimate of drug-likeness (QED) is 0.533. The summed E-state index contributed by atoms with van der Waals surface area (Å²) in [6.45, 7) is 0. The molecule has 0 amide bonds. The average Bonchev–Trinajstić information content (AvgIpc) is 3.01. The van der Waals surface area contributed by atoms with Crippen LogP contribution in [-0.2, 0) is 0 Å². The minimum Gasteiger partial charge on any atom is -0.504 e. The van der Waals surface area contributed by atoms with Crippen molar-refractivity contribution in [2.45, 2.75) is 0 Å². The molecule has 0 bridgehead atoms. The first-order valence-corrected chi connectivity index (χ1v) is 8.27. The van der Waals surface area contributed by atoms with Crippen molar-refractivity contribution in [1.29, 1.82) is 0 Å². The van der Waals surface area contributed by atoms with Crippen molar-refractivity contribution in [2.24, 2.45) is 5.10 Å². The Bertz CT molecular complexity index is 990. The number of aromatic amines is 1. The molecule has 2 N–H and O–H groups in total. The summed E-state index contributed by atoms with van der Waals surface area (Å²) in [7, 11) is 5.47. The van der Waals surface area contributed by atoms with Gasteiger partial charge < -0.3 is 14.7 Å². The van der Waals surface area contributed by atoms with E-state index in [1.165, 1.54) is 7.11 Å². The molecule has 26 heavy (non-hydrogen) atoms. The van der Waals surface area contributed by atoms with Crippen LogP contribution in [0.25, 0.3) is 11.4 Å². The molecule has 0 saturated heterocycles. The fraction of sp³-hybridized carbons (Fsp3) is 0.167. The number of rotatable bonds is 5. The number of phenolic OH excluding ortho intramolecular Hbond substituents is 1. The van der Waals surface area contributed by atoms with Crippen molar-refractivity contribution in [2.75, 3.05) is 26.1 Å². The highest BCUT2D eigenvalue weighted by atomic mass is 32.1. The van der Waals surface area contributed by atoms with E-state index in [0.29, 0.717) is 16.3 Å². The van der Waals surface area contributed by atoms with Crippen molar-refractivity contribution in [1.82, 2.24) is 14.9 Å². The molecule has 134 valence electrons. The minimum atomic E-state index is 0.0752. The van der Waals surface area contributed by atoms with E-state index < -0.39 is 0 Å². The van der Waals surface area contributed by atoms with Gasteiger partial charge in [0.2, 0.25) is 4.77 Å². The Labute approximate surface area is 156 Å². The number of anilines is 1. The molecule has 0 atom stereocenters. The lowest BCUT2D eigenvalue weighted by Crippen LogP contribution is -2.08. The molecular weight excluding hydrogens is 350 g/mol. The molecule has 7 nitrogen and oxygen atoms in total. The van der Waals surface area contributed by atoms with E-state index in [-0.39, 0.29) is 5.75 Å². The number of aromatic nitrogens is 3. The van der Waals surface area contributed by atoms with Gasteiger partial charge in [0.15, 0.2) is 17.3 Å². The molecule has 3 aromatic rings. The van der Waals surface area contributed by atoms with E-state index in [1.54, 1.807) is 29.1 Å². The van der Waals surface area contributed by atoms with Crippen molar-refractivity contribution in [3.05, 3.63) is 52.8 Å². The van der Waals surface area contributed by atoms with E-state index in [0.717, 1.165) is 16.8 Å². The highest BCUT2D eigenvalue weighted by Crippen LogP contribution is 2.26. The maximum absolute atomic E-state index is 9.68. The van der Waals surface area contributed by atoms with Gasteiger partial charge in [-0.1, -0.05) is 0 Å². The van der Waals surface area contributed by atoms with Crippen molar-refractivity contribution >= 4 is 24.1 Å². The zero-order valence-corrected chi connectivity index (χ0v) is 15.5.